The lowest BCUT2D eigenvalue weighted by molar-refractivity contribution is 0.662. The van der Waals surface area contributed by atoms with E-state index in [1.54, 1.807) is 0 Å². The zero-order valence-electron chi connectivity index (χ0n) is 9.46. The molecule has 0 saturated heterocycles. The quantitative estimate of drug-likeness (QED) is 0.440. The molecule has 0 fully saturated rings. The van der Waals surface area contributed by atoms with Gasteiger partial charge in [0.15, 0.2) is 0 Å². The molecule has 1 rings (SSSR count). The first-order valence-electron chi connectivity index (χ1n) is 5.16. The first kappa shape index (κ1) is 12.7. The van der Waals surface area contributed by atoms with Crippen molar-refractivity contribution >= 4 is 10.8 Å². The summed E-state index contributed by atoms with van der Waals surface area (Å²) in [5.41, 5.74) is 9.49. The molecule has 86 valence electrons. The van der Waals surface area contributed by atoms with Gasteiger partial charge in [0.25, 0.3) is 0 Å². The lowest BCUT2D eigenvalue weighted by Gasteiger charge is -2.07. The lowest BCUT2D eigenvalue weighted by Crippen LogP contribution is -2.13. The Kier molecular flexibility index (Phi) is 5.02. The highest BCUT2D eigenvalue weighted by molar-refractivity contribution is 7.85. The van der Waals surface area contributed by atoms with Crippen LogP contribution in [-0.2, 0) is 10.8 Å². The van der Waals surface area contributed by atoms with Crippen molar-refractivity contribution in [2.24, 2.45) is 5.11 Å². The molecule has 1 aromatic carbocycles. The predicted molar refractivity (Wildman–Crippen MR) is 65.7 cm³/mol. The van der Waals surface area contributed by atoms with Crippen molar-refractivity contribution in [3.63, 3.8) is 0 Å². The number of rotatable bonds is 5. The highest BCUT2D eigenvalue weighted by Crippen LogP contribution is 2.11. The van der Waals surface area contributed by atoms with Crippen molar-refractivity contribution in [2.75, 3.05) is 5.75 Å². The largest absolute Gasteiger partial charge is 0.254 e. The average Bonchev–Trinajstić information content (AvgIpc) is 2.29. The number of azide groups is 1. The molecular formula is C11H15N3OS. The van der Waals surface area contributed by atoms with Crippen LogP contribution in [0.25, 0.3) is 10.4 Å². The average molecular weight is 237 g/mol. The molecule has 0 aromatic heterocycles. The molecule has 0 saturated carbocycles. The van der Waals surface area contributed by atoms with E-state index in [-0.39, 0.29) is 6.04 Å². The summed E-state index contributed by atoms with van der Waals surface area (Å²) in [6.07, 6.45) is 0.710. The smallest absolute Gasteiger partial charge is 0.0533 e. The lowest BCUT2D eigenvalue weighted by atomic mass is 10.2. The maximum atomic E-state index is 11.9. The van der Waals surface area contributed by atoms with Gasteiger partial charge in [-0.05, 0) is 31.0 Å². The topological polar surface area (TPSA) is 65.8 Å². The molecule has 0 heterocycles. The van der Waals surface area contributed by atoms with Crippen LogP contribution >= 0.6 is 0 Å². The van der Waals surface area contributed by atoms with Crippen molar-refractivity contribution in [3.8, 4) is 0 Å². The minimum Gasteiger partial charge on any atom is -0.254 e. The predicted octanol–water partition coefficient (Wildman–Crippen LogP) is 3.19. The summed E-state index contributed by atoms with van der Waals surface area (Å²) in [6, 6.07) is 7.39. The van der Waals surface area contributed by atoms with Gasteiger partial charge in [-0.3, -0.25) is 4.21 Å². The summed E-state index contributed by atoms with van der Waals surface area (Å²) in [5, 5.41) is 3.61. The molecule has 16 heavy (non-hydrogen) atoms. The minimum atomic E-state index is -1.09. The third-order valence-electron chi connectivity index (χ3n) is 2.31. The van der Waals surface area contributed by atoms with Gasteiger partial charge in [-0.15, -0.1) is 0 Å². The number of aryl methyl sites for hydroxylation is 1. The number of hydrogen-bond donors (Lipinski definition) is 0. The molecule has 0 aliphatic carbocycles. The zero-order valence-corrected chi connectivity index (χ0v) is 10.3. The number of nitrogens with zero attached hydrogens (tertiary/aromatic N) is 3. The first-order chi connectivity index (χ1) is 7.67. The molecule has 2 atom stereocenters. The van der Waals surface area contributed by atoms with Crippen LogP contribution in [0.2, 0.25) is 0 Å². The second kappa shape index (κ2) is 6.30. The van der Waals surface area contributed by atoms with Gasteiger partial charge in [0, 0.05) is 21.6 Å². The molecule has 1 aromatic rings. The fraction of sp³-hybridized carbons (Fsp3) is 0.455. The third-order valence-corrected chi connectivity index (χ3v) is 3.80. The summed E-state index contributed by atoms with van der Waals surface area (Å²) in [7, 11) is -1.09. The van der Waals surface area contributed by atoms with Crippen LogP contribution in [0.15, 0.2) is 34.3 Å². The summed E-state index contributed by atoms with van der Waals surface area (Å²) in [5.74, 6) is 0.392. The van der Waals surface area contributed by atoms with Crippen molar-refractivity contribution < 1.29 is 4.21 Å². The molecular weight excluding hydrogens is 222 g/mol. The molecule has 0 aliphatic rings. The van der Waals surface area contributed by atoms with E-state index in [4.69, 9.17) is 5.53 Å². The molecule has 0 spiro atoms. The van der Waals surface area contributed by atoms with Gasteiger partial charge in [-0.2, -0.15) is 0 Å². The van der Waals surface area contributed by atoms with Gasteiger partial charge in [0.05, 0.1) is 10.8 Å². The van der Waals surface area contributed by atoms with E-state index in [0.29, 0.717) is 12.2 Å². The van der Waals surface area contributed by atoms with E-state index in [1.165, 1.54) is 0 Å². The Bertz CT molecular complexity index is 410. The summed E-state index contributed by atoms with van der Waals surface area (Å²) >= 11 is 0. The Morgan fingerprint density at radius 2 is 2.06 bits per heavy atom. The Hall–Kier alpha value is -1.32. The van der Waals surface area contributed by atoms with Crippen LogP contribution < -0.4 is 0 Å². The van der Waals surface area contributed by atoms with Gasteiger partial charge in [-0.1, -0.05) is 29.7 Å². The molecule has 0 N–H and O–H groups in total. The van der Waals surface area contributed by atoms with Crippen LogP contribution in [-0.4, -0.2) is 16.0 Å². The van der Waals surface area contributed by atoms with Crippen molar-refractivity contribution in [2.45, 2.75) is 31.2 Å². The highest BCUT2D eigenvalue weighted by Gasteiger charge is 2.10. The van der Waals surface area contributed by atoms with Gasteiger partial charge in [0.1, 0.15) is 0 Å². The summed E-state index contributed by atoms with van der Waals surface area (Å²) in [4.78, 5) is 3.55. The third kappa shape index (κ3) is 3.68. The Morgan fingerprint density at radius 1 is 1.44 bits per heavy atom. The normalized spacial score (nSPS) is 13.9. The fourth-order valence-electron chi connectivity index (χ4n) is 1.27. The maximum absolute atomic E-state index is 11.9. The SMILES string of the molecule is CC[C@H](CS(=O)c1ccc(C)cc1)N=[N+]=[N-]. The molecule has 5 heteroatoms. The van der Waals surface area contributed by atoms with Crippen molar-refractivity contribution in [1.82, 2.24) is 0 Å². The van der Waals surface area contributed by atoms with Crippen molar-refractivity contribution in [1.29, 1.82) is 0 Å². The Morgan fingerprint density at radius 3 is 2.56 bits per heavy atom. The van der Waals surface area contributed by atoms with E-state index >= 15 is 0 Å². The summed E-state index contributed by atoms with van der Waals surface area (Å²) < 4.78 is 11.9. The van der Waals surface area contributed by atoms with E-state index in [2.05, 4.69) is 10.0 Å². The number of benzene rings is 1. The van der Waals surface area contributed by atoms with Crippen LogP contribution in [0.3, 0.4) is 0 Å². The van der Waals surface area contributed by atoms with Gasteiger partial charge < -0.3 is 0 Å². The first-order valence-corrected chi connectivity index (χ1v) is 6.48. The standard InChI is InChI=1S/C11H15N3OS/c1-3-10(13-14-12)8-16(15)11-6-4-9(2)5-7-11/h4-7,10H,3,8H2,1-2H3/t10-,16?/m1/s1. The molecule has 0 radical (unpaired) electrons. The minimum absolute atomic E-state index is 0.188. The molecule has 0 aliphatic heterocycles. The van der Waals surface area contributed by atoms with Crippen LogP contribution in [0.5, 0.6) is 0 Å². The Labute approximate surface area is 97.8 Å². The maximum Gasteiger partial charge on any atom is 0.0533 e. The summed E-state index contributed by atoms with van der Waals surface area (Å²) in [6.45, 7) is 3.91. The molecule has 4 nitrogen and oxygen atoms in total. The van der Waals surface area contributed by atoms with Gasteiger partial charge in [0.2, 0.25) is 0 Å². The molecule has 0 bridgehead atoms. The second-order valence-corrected chi connectivity index (χ2v) is 5.09. The zero-order chi connectivity index (χ0) is 12.0. The van der Waals surface area contributed by atoms with E-state index in [0.717, 1.165) is 10.5 Å². The van der Waals surface area contributed by atoms with Crippen LogP contribution in [0, 0.1) is 6.92 Å². The van der Waals surface area contributed by atoms with E-state index in [9.17, 15) is 4.21 Å². The monoisotopic (exact) mass is 237 g/mol. The van der Waals surface area contributed by atoms with Gasteiger partial charge in [-0.25, -0.2) is 0 Å². The number of hydrogen-bond acceptors (Lipinski definition) is 2. The van der Waals surface area contributed by atoms with E-state index in [1.807, 2.05) is 38.1 Å². The van der Waals surface area contributed by atoms with Crippen LogP contribution in [0.1, 0.15) is 18.9 Å². The second-order valence-electron chi connectivity index (χ2n) is 3.59. The van der Waals surface area contributed by atoms with Crippen molar-refractivity contribution in [3.05, 3.63) is 40.3 Å². The highest BCUT2D eigenvalue weighted by atomic mass is 32.2. The Balaban J connectivity index is 2.71. The van der Waals surface area contributed by atoms with Gasteiger partial charge >= 0.3 is 0 Å². The fourth-order valence-corrected chi connectivity index (χ4v) is 2.55. The van der Waals surface area contributed by atoms with Crippen LogP contribution in [0.4, 0.5) is 0 Å². The molecule has 0 amide bonds. The molecule has 1 unspecified atom stereocenters. The van der Waals surface area contributed by atoms with E-state index < -0.39 is 10.8 Å².